The summed E-state index contributed by atoms with van der Waals surface area (Å²) in [5.74, 6) is -0.869. The maximum absolute atomic E-state index is 11.6. The zero-order valence-corrected chi connectivity index (χ0v) is 10.5. The molecule has 2 aromatic rings. The average molecular weight is 248 g/mol. The summed E-state index contributed by atoms with van der Waals surface area (Å²) in [6.07, 6.45) is 1.94. The number of carboxylic acid groups (broad SMARTS) is 1. The fourth-order valence-corrected chi connectivity index (χ4v) is 2.07. The molecule has 18 heavy (non-hydrogen) atoms. The van der Waals surface area contributed by atoms with Crippen molar-refractivity contribution >= 4 is 16.9 Å². The number of methoxy groups -OCH3 is 1. The van der Waals surface area contributed by atoms with Crippen molar-refractivity contribution < 1.29 is 19.1 Å². The third kappa shape index (κ3) is 1.99. The molecule has 1 aromatic heterocycles. The molecule has 0 bridgehead atoms. The van der Waals surface area contributed by atoms with Crippen LogP contribution in [0.15, 0.2) is 34.9 Å². The zero-order valence-electron chi connectivity index (χ0n) is 10.5. The lowest BCUT2D eigenvalue weighted by atomic mass is 9.79. The van der Waals surface area contributed by atoms with Gasteiger partial charge in [-0.15, -0.1) is 0 Å². The molecular weight excluding hydrogens is 232 g/mol. The summed E-state index contributed by atoms with van der Waals surface area (Å²) >= 11 is 0. The highest BCUT2D eigenvalue weighted by Crippen LogP contribution is 2.35. The summed E-state index contributed by atoms with van der Waals surface area (Å²) in [7, 11) is 1.57. The van der Waals surface area contributed by atoms with Crippen molar-refractivity contribution in [3.63, 3.8) is 0 Å². The largest absolute Gasteiger partial charge is 0.481 e. The molecule has 4 heteroatoms. The van der Waals surface area contributed by atoms with Crippen LogP contribution in [0.25, 0.3) is 11.0 Å². The number of aliphatic carboxylic acids is 1. The van der Waals surface area contributed by atoms with Crippen LogP contribution in [0.2, 0.25) is 0 Å². The smallest absolute Gasteiger partial charge is 0.314 e. The van der Waals surface area contributed by atoms with Gasteiger partial charge in [0, 0.05) is 24.7 Å². The molecule has 0 fully saturated rings. The summed E-state index contributed by atoms with van der Waals surface area (Å²) in [5.41, 5.74) is 0.405. The second-order valence-electron chi connectivity index (χ2n) is 4.53. The number of para-hydroxylation sites is 1. The monoisotopic (exact) mass is 248 g/mol. The SMILES string of the molecule is COCCC(C)(C(=O)O)c1coc2ccccc12. The Balaban J connectivity index is 2.51. The van der Waals surface area contributed by atoms with Crippen LogP contribution in [-0.2, 0) is 14.9 Å². The number of rotatable bonds is 5. The van der Waals surface area contributed by atoms with Gasteiger partial charge in [0.25, 0.3) is 0 Å². The third-order valence-corrected chi connectivity index (χ3v) is 3.35. The molecule has 2 rings (SSSR count). The van der Waals surface area contributed by atoms with Crippen molar-refractivity contribution in [3.05, 3.63) is 36.1 Å². The van der Waals surface area contributed by atoms with E-state index in [9.17, 15) is 9.90 Å². The Morgan fingerprint density at radius 1 is 1.44 bits per heavy atom. The van der Waals surface area contributed by atoms with Crippen LogP contribution in [0, 0.1) is 0 Å². The molecule has 1 heterocycles. The summed E-state index contributed by atoms with van der Waals surface area (Å²) in [6.45, 7) is 2.09. The first-order valence-electron chi connectivity index (χ1n) is 5.78. The molecule has 0 saturated carbocycles. The van der Waals surface area contributed by atoms with Gasteiger partial charge < -0.3 is 14.3 Å². The minimum atomic E-state index is -0.997. The number of carbonyl (C=O) groups is 1. The van der Waals surface area contributed by atoms with Crippen LogP contribution in [0.5, 0.6) is 0 Å². The standard InChI is InChI=1S/C14H16O4/c1-14(13(15)16,7-8-17-2)11-9-18-12-6-4-3-5-10(11)12/h3-6,9H,7-8H2,1-2H3,(H,15,16). The minimum absolute atomic E-state index is 0.391. The zero-order chi connectivity index (χ0) is 13.2. The van der Waals surface area contributed by atoms with E-state index in [-0.39, 0.29) is 0 Å². The van der Waals surface area contributed by atoms with E-state index in [1.807, 2.05) is 24.3 Å². The van der Waals surface area contributed by atoms with E-state index in [2.05, 4.69) is 0 Å². The highest BCUT2D eigenvalue weighted by Gasteiger charge is 2.37. The lowest BCUT2D eigenvalue weighted by Gasteiger charge is -2.23. The molecule has 0 aliphatic heterocycles. The van der Waals surface area contributed by atoms with E-state index >= 15 is 0 Å². The van der Waals surface area contributed by atoms with E-state index < -0.39 is 11.4 Å². The van der Waals surface area contributed by atoms with Gasteiger partial charge in [0.05, 0.1) is 11.7 Å². The lowest BCUT2D eigenvalue weighted by Crippen LogP contribution is -2.33. The van der Waals surface area contributed by atoms with Crippen LogP contribution < -0.4 is 0 Å². The Bertz CT molecular complexity index is 558. The predicted molar refractivity (Wildman–Crippen MR) is 67.7 cm³/mol. The van der Waals surface area contributed by atoms with Gasteiger partial charge in [-0.2, -0.15) is 0 Å². The molecule has 0 radical (unpaired) electrons. The van der Waals surface area contributed by atoms with E-state index in [1.165, 1.54) is 6.26 Å². The molecule has 96 valence electrons. The van der Waals surface area contributed by atoms with Crippen molar-refractivity contribution in [1.82, 2.24) is 0 Å². The third-order valence-electron chi connectivity index (χ3n) is 3.35. The quantitative estimate of drug-likeness (QED) is 0.883. The number of fused-ring (bicyclic) bond motifs is 1. The summed E-state index contributed by atoms with van der Waals surface area (Å²) in [5, 5.41) is 10.3. The number of benzene rings is 1. The topological polar surface area (TPSA) is 59.7 Å². The molecule has 0 amide bonds. The van der Waals surface area contributed by atoms with E-state index in [0.29, 0.717) is 24.2 Å². The number of hydrogen-bond donors (Lipinski definition) is 1. The van der Waals surface area contributed by atoms with Gasteiger partial charge in [-0.25, -0.2) is 0 Å². The lowest BCUT2D eigenvalue weighted by molar-refractivity contribution is -0.143. The Morgan fingerprint density at radius 2 is 2.17 bits per heavy atom. The van der Waals surface area contributed by atoms with Crippen molar-refractivity contribution in [3.8, 4) is 0 Å². The van der Waals surface area contributed by atoms with Gasteiger partial charge in [-0.05, 0) is 19.4 Å². The molecule has 0 aliphatic carbocycles. The van der Waals surface area contributed by atoms with Crippen molar-refractivity contribution in [2.45, 2.75) is 18.8 Å². The molecule has 1 aromatic carbocycles. The van der Waals surface area contributed by atoms with E-state index in [4.69, 9.17) is 9.15 Å². The Kier molecular flexibility index (Phi) is 3.39. The molecule has 1 N–H and O–H groups in total. The van der Waals surface area contributed by atoms with Gasteiger partial charge in [-0.3, -0.25) is 4.79 Å². The molecule has 1 unspecified atom stereocenters. The number of carboxylic acids is 1. The number of furan rings is 1. The molecule has 0 saturated heterocycles. The van der Waals surface area contributed by atoms with Gasteiger partial charge in [0.2, 0.25) is 0 Å². The Morgan fingerprint density at radius 3 is 2.83 bits per heavy atom. The van der Waals surface area contributed by atoms with Gasteiger partial charge in [0.1, 0.15) is 5.58 Å². The van der Waals surface area contributed by atoms with Crippen LogP contribution >= 0.6 is 0 Å². The first-order chi connectivity index (χ1) is 8.59. The van der Waals surface area contributed by atoms with Crippen LogP contribution in [-0.4, -0.2) is 24.8 Å². The minimum Gasteiger partial charge on any atom is -0.481 e. The van der Waals surface area contributed by atoms with Gasteiger partial charge >= 0.3 is 5.97 Å². The molecule has 1 atom stereocenters. The Hall–Kier alpha value is -1.81. The first-order valence-corrected chi connectivity index (χ1v) is 5.78. The second kappa shape index (κ2) is 4.82. The highest BCUT2D eigenvalue weighted by atomic mass is 16.5. The molecule has 4 nitrogen and oxygen atoms in total. The van der Waals surface area contributed by atoms with Crippen molar-refractivity contribution in [1.29, 1.82) is 0 Å². The first kappa shape index (κ1) is 12.6. The van der Waals surface area contributed by atoms with Gasteiger partial charge in [-0.1, -0.05) is 18.2 Å². The van der Waals surface area contributed by atoms with Crippen LogP contribution in [0.1, 0.15) is 18.9 Å². The van der Waals surface area contributed by atoms with Crippen molar-refractivity contribution in [2.75, 3.05) is 13.7 Å². The summed E-state index contributed by atoms with van der Waals surface area (Å²) < 4.78 is 10.4. The maximum atomic E-state index is 11.6. The molecule has 0 aliphatic rings. The van der Waals surface area contributed by atoms with Crippen LogP contribution in [0.3, 0.4) is 0 Å². The van der Waals surface area contributed by atoms with Gasteiger partial charge in [0.15, 0.2) is 0 Å². The van der Waals surface area contributed by atoms with Crippen molar-refractivity contribution in [2.24, 2.45) is 0 Å². The van der Waals surface area contributed by atoms with E-state index in [1.54, 1.807) is 14.0 Å². The second-order valence-corrected chi connectivity index (χ2v) is 4.53. The maximum Gasteiger partial charge on any atom is 0.314 e. The fraction of sp³-hybridized carbons (Fsp3) is 0.357. The molecule has 0 spiro atoms. The number of ether oxygens (including phenoxy) is 1. The summed E-state index contributed by atoms with van der Waals surface area (Å²) in [6, 6.07) is 7.45. The normalized spacial score (nSPS) is 14.6. The summed E-state index contributed by atoms with van der Waals surface area (Å²) in [4.78, 5) is 11.6. The van der Waals surface area contributed by atoms with E-state index in [0.717, 1.165) is 5.39 Å². The molecular formula is C14H16O4. The Labute approximate surface area is 105 Å². The predicted octanol–water partition coefficient (Wildman–Crippen LogP) is 2.81. The fourth-order valence-electron chi connectivity index (χ4n) is 2.07. The average Bonchev–Trinajstić information content (AvgIpc) is 2.80. The highest BCUT2D eigenvalue weighted by molar-refractivity contribution is 5.90. The number of hydrogen-bond acceptors (Lipinski definition) is 3. The van der Waals surface area contributed by atoms with Crippen LogP contribution in [0.4, 0.5) is 0 Å².